The number of aliphatic hydroxyl groups excluding tert-OH is 1. The molecule has 0 saturated heterocycles. The molecule has 0 saturated carbocycles. The zero-order valence-corrected chi connectivity index (χ0v) is 14.5. The van der Waals surface area contributed by atoms with Gasteiger partial charge in [0.05, 0.1) is 18.6 Å². The fraction of sp³-hybridized carbons (Fsp3) is 0.350. The quantitative estimate of drug-likeness (QED) is 0.621. The number of hydrogen-bond acceptors (Lipinski definition) is 5. The van der Waals surface area contributed by atoms with Crippen LogP contribution in [0.2, 0.25) is 0 Å². The van der Waals surface area contributed by atoms with Crippen molar-refractivity contribution in [1.29, 1.82) is 5.26 Å². The lowest BCUT2D eigenvalue weighted by Gasteiger charge is -2.28. The maximum absolute atomic E-state index is 10.4. The molecule has 0 heterocycles. The monoisotopic (exact) mass is 340 g/mol. The molecule has 4 N–H and O–H groups in total. The van der Waals surface area contributed by atoms with Gasteiger partial charge < -0.3 is 20.6 Å². The van der Waals surface area contributed by atoms with Crippen LogP contribution < -0.4 is 5.32 Å². The SMILES string of the molecule is CC(C)(Cc1ccc(O)cc1)NCC(O)c1ccc(O)c(CC#N)c1. The van der Waals surface area contributed by atoms with Crippen molar-refractivity contribution < 1.29 is 15.3 Å². The summed E-state index contributed by atoms with van der Waals surface area (Å²) < 4.78 is 0. The van der Waals surface area contributed by atoms with Crippen LogP contribution in [0.1, 0.15) is 36.6 Å². The number of nitrogens with zero attached hydrogens (tertiary/aromatic N) is 1. The third-order valence-electron chi connectivity index (χ3n) is 4.11. The highest BCUT2D eigenvalue weighted by Gasteiger charge is 2.20. The van der Waals surface area contributed by atoms with Crippen molar-refractivity contribution >= 4 is 0 Å². The molecule has 0 radical (unpaired) electrons. The summed E-state index contributed by atoms with van der Waals surface area (Å²) in [7, 11) is 0. The number of β-amino-alcohol motifs (C(OH)–C–C–N with tert-alkyl or cyclic N) is 1. The van der Waals surface area contributed by atoms with Gasteiger partial charge in [-0.25, -0.2) is 0 Å². The zero-order valence-electron chi connectivity index (χ0n) is 14.5. The third-order valence-corrected chi connectivity index (χ3v) is 4.11. The van der Waals surface area contributed by atoms with E-state index in [0.717, 1.165) is 12.0 Å². The molecule has 0 amide bonds. The molecule has 2 rings (SSSR count). The highest BCUT2D eigenvalue weighted by Crippen LogP contribution is 2.23. The highest BCUT2D eigenvalue weighted by atomic mass is 16.3. The van der Waals surface area contributed by atoms with Gasteiger partial charge in [0.1, 0.15) is 11.5 Å². The summed E-state index contributed by atoms with van der Waals surface area (Å²) in [4.78, 5) is 0. The minimum Gasteiger partial charge on any atom is -0.508 e. The Balaban J connectivity index is 1.98. The minimum atomic E-state index is -0.739. The first-order chi connectivity index (χ1) is 11.8. The second-order valence-electron chi connectivity index (χ2n) is 6.85. The van der Waals surface area contributed by atoms with Gasteiger partial charge >= 0.3 is 0 Å². The molecule has 0 bridgehead atoms. The lowest BCUT2D eigenvalue weighted by atomic mass is 9.94. The first-order valence-corrected chi connectivity index (χ1v) is 8.20. The summed E-state index contributed by atoms with van der Waals surface area (Å²) in [5.41, 5.74) is 2.02. The Hall–Kier alpha value is -2.55. The number of phenolic OH excluding ortho intramolecular Hbond substituents is 2. The second-order valence-corrected chi connectivity index (χ2v) is 6.85. The highest BCUT2D eigenvalue weighted by molar-refractivity contribution is 5.38. The Kier molecular flexibility index (Phi) is 6.02. The normalized spacial score (nSPS) is 12.6. The minimum absolute atomic E-state index is 0.0677. The summed E-state index contributed by atoms with van der Waals surface area (Å²) >= 11 is 0. The van der Waals surface area contributed by atoms with Crippen molar-refractivity contribution in [2.75, 3.05) is 6.54 Å². The van der Waals surface area contributed by atoms with Crippen molar-refractivity contribution in [2.45, 2.75) is 38.3 Å². The van der Waals surface area contributed by atoms with Crippen LogP contribution in [-0.4, -0.2) is 27.4 Å². The first kappa shape index (κ1) is 18.8. The number of aliphatic hydroxyl groups is 1. The number of nitrogens with one attached hydrogen (secondary N) is 1. The van der Waals surface area contributed by atoms with Crippen molar-refractivity contribution in [1.82, 2.24) is 5.32 Å². The standard InChI is InChI=1S/C20H24N2O3/c1-20(2,12-14-3-6-17(23)7-4-14)22-13-19(25)15-5-8-18(24)16(11-15)9-10-21/h3-8,11,19,22-25H,9,12-13H2,1-2H3. The summed E-state index contributed by atoms with van der Waals surface area (Å²) in [6, 6.07) is 13.9. The molecule has 1 atom stereocenters. The lowest BCUT2D eigenvalue weighted by Crippen LogP contribution is -2.43. The van der Waals surface area contributed by atoms with Gasteiger partial charge in [0.15, 0.2) is 0 Å². The molecule has 2 aromatic rings. The predicted octanol–water partition coefficient (Wildman–Crippen LogP) is 2.81. The van der Waals surface area contributed by atoms with Gasteiger partial charge in [-0.3, -0.25) is 0 Å². The lowest BCUT2D eigenvalue weighted by molar-refractivity contribution is 0.160. The van der Waals surface area contributed by atoms with E-state index in [-0.39, 0.29) is 23.5 Å². The van der Waals surface area contributed by atoms with E-state index >= 15 is 0 Å². The van der Waals surface area contributed by atoms with Crippen LogP contribution in [0, 0.1) is 11.3 Å². The van der Waals surface area contributed by atoms with Gasteiger partial charge in [0.25, 0.3) is 0 Å². The molecule has 25 heavy (non-hydrogen) atoms. The molecule has 5 nitrogen and oxygen atoms in total. The molecule has 0 fully saturated rings. The molecule has 0 aliphatic rings. The van der Waals surface area contributed by atoms with Gasteiger partial charge in [0.2, 0.25) is 0 Å². The molecule has 2 aromatic carbocycles. The van der Waals surface area contributed by atoms with Gasteiger partial charge in [-0.15, -0.1) is 0 Å². The van der Waals surface area contributed by atoms with Crippen LogP contribution in [0.15, 0.2) is 42.5 Å². The molecule has 1 unspecified atom stereocenters. The van der Waals surface area contributed by atoms with E-state index in [1.165, 1.54) is 6.07 Å². The average Bonchev–Trinajstić information content (AvgIpc) is 2.57. The summed E-state index contributed by atoms with van der Waals surface area (Å²) in [6.07, 6.45) is 0.110. The van der Waals surface area contributed by atoms with E-state index in [2.05, 4.69) is 5.32 Å². The molecular formula is C20H24N2O3. The van der Waals surface area contributed by atoms with E-state index in [4.69, 9.17) is 5.26 Å². The van der Waals surface area contributed by atoms with E-state index in [1.54, 1.807) is 24.3 Å². The van der Waals surface area contributed by atoms with E-state index < -0.39 is 6.10 Å². The Morgan fingerprint density at radius 1 is 1.12 bits per heavy atom. The molecule has 0 aliphatic heterocycles. The number of phenols is 2. The van der Waals surface area contributed by atoms with Gasteiger partial charge in [0, 0.05) is 17.6 Å². The zero-order chi connectivity index (χ0) is 18.4. The predicted molar refractivity (Wildman–Crippen MR) is 96.3 cm³/mol. The molecule has 0 aromatic heterocycles. The molecule has 0 aliphatic carbocycles. The summed E-state index contributed by atoms with van der Waals surface area (Å²) in [5, 5.41) is 41.6. The smallest absolute Gasteiger partial charge is 0.119 e. The molecule has 5 heteroatoms. The van der Waals surface area contributed by atoms with Crippen molar-refractivity contribution in [3.8, 4) is 17.6 Å². The van der Waals surface area contributed by atoms with Crippen LogP contribution in [0.25, 0.3) is 0 Å². The van der Waals surface area contributed by atoms with E-state index in [0.29, 0.717) is 17.7 Å². The van der Waals surface area contributed by atoms with Gasteiger partial charge in [-0.1, -0.05) is 18.2 Å². The van der Waals surface area contributed by atoms with Crippen molar-refractivity contribution in [2.24, 2.45) is 0 Å². The van der Waals surface area contributed by atoms with E-state index in [1.807, 2.05) is 32.0 Å². The maximum atomic E-state index is 10.4. The number of hydrogen-bond donors (Lipinski definition) is 4. The van der Waals surface area contributed by atoms with Crippen LogP contribution >= 0.6 is 0 Å². The average molecular weight is 340 g/mol. The number of rotatable bonds is 7. The Morgan fingerprint density at radius 2 is 1.80 bits per heavy atom. The fourth-order valence-electron chi connectivity index (χ4n) is 2.72. The summed E-state index contributed by atoms with van der Waals surface area (Å²) in [5.74, 6) is 0.309. The van der Waals surface area contributed by atoms with Crippen LogP contribution in [-0.2, 0) is 12.8 Å². The van der Waals surface area contributed by atoms with Gasteiger partial charge in [-0.05, 0) is 55.7 Å². The topological polar surface area (TPSA) is 96.5 Å². The first-order valence-electron chi connectivity index (χ1n) is 8.20. The van der Waals surface area contributed by atoms with Crippen molar-refractivity contribution in [3.63, 3.8) is 0 Å². The van der Waals surface area contributed by atoms with Crippen molar-refractivity contribution in [3.05, 3.63) is 59.2 Å². The molecule has 132 valence electrons. The fourth-order valence-corrected chi connectivity index (χ4v) is 2.72. The summed E-state index contributed by atoms with van der Waals surface area (Å²) in [6.45, 7) is 4.44. The Morgan fingerprint density at radius 3 is 2.44 bits per heavy atom. The van der Waals surface area contributed by atoms with Gasteiger partial charge in [-0.2, -0.15) is 5.26 Å². The Bertz CT molecular complexity index is 749. The van der Waals surface area contributed by atoms with Crippen LogP contribution in [0.5, 0.6) is 11.5 Å². The number of benzene rings is 2. The molecular weight excluding hydrogens is 316 g/mol. The second kappa shape index (κ2) is 8.02. The Labute approximate surface area is 148 Å². The van der Waals surface area contributed by atoms with Crippen LogP contribution in [0.3, 0.4) is 0 Å². The largest absolute Gasteiger partial charge is 0.508 e. The number of aromatic hydroxyl groups is 2. The van der Waals surface area contributed by atoms with Crippen LogP contribution in [0.4, 0.5) is 0 Å². The molecule has 0 spiro atoms. The maximum Gasteiger partial charge on any atom is 0.119 e. The number of nitriles is 1. The third kappa shape index (κ3) is 5.49. The van der Waals surface area contributed by atoms with E-state index in [9.17, 15) is 15.3 Å².